The van der Waals surface area contributed by atoms with Crippen LogP contribution in [0.4, 0.5) is 4.39 Å². The van der Waals surface area contributed by atoms with Crippen molar-refractivity contribution in [1.29, 1.82) is 0 Å². The van der Waals surface area contributed by atoms with Gasteiger partial charge in [0.05, 0.1) is 19.1 Å². The molecule has 40 heavy (non-hydrogen) atoms. The summed E-state index contributed by atoms with van der Waals surface area (Å²) in [6.07, 6.45) is -2.10. The van der Waals surface area contributed by atoms with Gasteiger partial charge in [-0.15, -0.1) is 0 Å². The highest BCUT2D eigenvalue weighted by atomic mass is 33.1. The van der Waals surface area contributed by atoms with Crippen LogP contribution in [0.2, 0.25) is 0 Å². The van der Waals surface area contributed by atoms with Crippen molar-refractivity contribution >= 4 is 41.8 Å². The molecule has 11 heteroatoms. The van der Waals surface area contributed by atoms with E-state index in [9.17, 15) is 9.59 Å². The summed E-state index contributed by atoms with van der Waals surface area (Å²) in [6.45, 7) is 14.9. The molecule has 1 aromatic carbocycles. The molecule has 1 amide bonds. The van der Waals surface area contributed by atoms with Crippen LogP contribution in [0, 0.1) is 0 Å². The first-order valence-electron chi connectivity index (χ1n) is 14.4. The van der Waals surface area contributed by atoms with Crippen LogP contribution >= 0.6 is 30.1 Å². The number of hydrogen-bond acceptors (Lipinski definition) is 8. The van der Waals surface area contributed by atoms with Crippen LogP contribution in [0.15, 0.2) is 36.5 Å². The lowest BCUT2D eigenvalue weighted by molar-refractivity contribution is -0.145. The summed E-state index contributed by atoms with van der Waals surface area (Å²) < 4.78 is 44.7. The molecule has 0 spiro atoms. The van der Waals surface area contributed by atoms with E-state index in [4.69, 9.17) is 15.2 Å². The molecule has 0 bridgehead atoms. The first kappa shape index (κ1) is 31.9. The number of carbonyl (C=O) groups is 2. The third kappa shape index (κ3) is 9.25. The largest absolute Gasteiger partial charge is 0.349 e. The fourth-order valence-corrected chi connectivity index (χ4v) is 8.70. The number of benzene rings is 1. The third-order valence-corrected chi connectivity index (χ3v) is 11.6. The highest BCUT2D eigenvalue weighted by molar-refractivity contribution is 8.76. The molecule has 0 saturated carbocycles. The zero-order valence-corrected chi connectivity index (χ0v) is 27.1. The second-order valence-electron chi connectivity index (χ2n) is 11.5. The number of ether oxygens (including phenoxy) is 1. The van der Waals surface area contributed by atoms with E-state index in [1.807, 2.05) is 61.4 Å². The van der Waals surface area contributed by atoms with E-state index >= 15 is 4.39 Å². The van der Waals surface area contributed by atoms with Crippen LogP contribution in [-0.2, 0) is 35.5 Å². The van der Waals surface area contributed by atoms with Gasteiger partial charge in [0, 0.05) is 30.2 Å². The van der Waals surface area contributed by atoms with Crippen molar-refractivity contribution in [3.05, 3.63) is 47.7 Å². The highest BCUT2D eigenvalue weighted by Gasteiger charge is 2.50. The topological polar surface area (TPSA) is 68.3 Å². The summed E-state index contributed by atoms with van der Waals surface area (Å²) in [7, 11) is 1.98. The van der Waals surface area contributed by atoms with Gasteiger partial charge >= 0.3 is 0 Å². The zero-order chi connectivity index (χ0) is 30.3. The highest BCUT2D eigenvalue weighted by Crippen LogP contribution is 2.50. The lowest BCUT2D eigenvalue weighted by Gasteiger charge is -2.37. The molecule has 5 unspecified atom stereocenters. The number of carbonyl (C=O) groups excluding carboxylic acids is 2. The van der Waals surface area contributed by atoms with Gasteiger partial charge in [0.15, 0.2) is 18.2 Å². The number of allylic oxidation sites excluding steroid dienone is 1. The molecule has 0 N–H and O–H groups in total. The van der Waals surface area contributed by atoms with Crippen molar-refractivity contribution in [2.24, 2.45) is 0 Å². The Balaban J connectivity index is 1.74. The number of alkyl halides is 1. The Bertz CT molecular complexity index is 1050. The molecule has 2 aliphatic heterocycles. The van der Waals surface area contributed by atoms with Crippen molar-refractivity contribution in [3.8, 4) is 0 Å². The zero-order valence-electron chi connectivity index (χ0n) is 25.5. The van der Waals surface area contributed by atoms with Gasteiger partial charge < -0.3 is 13.8 Å². The van der Waals surface area contributed by atoms with Crippen LogP contribution in [0.3, 0.4) is 0 Å². The number of halogens is 1. The van der Waals surface area contributed by atoms with Crippen molar-refractivity contribution in [2.45, 2.75) is 115 Å². The standard InChI is InChI=1S/C29H44FN2O5PS2/c1-19(2)32(20(3)4)38(35-16-14-22-11-9-10-12-23(22)18-39-40-29(6,7)8)37-27-21(5)36-28(26(27)30)31-15-13-24(33)17-25(31)34/h9-13,15,19-21,26-28H,14,16-18H2,1-8H3/i5D. The molecule has 7 nitrogen and oxygen atoms in total. The quantitative estimate of drug-likeness (QED) is 0.133. The maximum Gasteiger partial charge on any atom is 0.259 e. The third-order valence-electron chi connectivity index (χ3n) is 6.25. The molecule has 0 aromatic heterocycles. The van der Waals surface area contributed by atoms with E-state index in [-0.39, 0.29) is 35.9 Å². The lowest BCUT2D eigenvalue weighted by atomic mass is 10.1. The maximum absolute atomic E-state index is 15.9. The second kappa shape index (κ2) is 14.9. The van der Waals surface area contributed by atoms with Gasteiger partial charge in [0.25, 0.3) is 8.53 Å². The van der Waals surface area contributed by atoms with Gasteiger partial charge in [-0.2, -0.15) is 0 Å². The van der Waals surface area contributed by atoms with E-state index in [1.165, 1.54) is 23.4 Å². The summed E-state index contributed by atoms with van der Waals surface area (Å²) in [6, 6.07) is 8.45. The minimum atomic E-state index is -1.71. The Morgan fingerprint density at radius 3 is 2.48 bits per heavy atom. The molecule has 2 heterocycles. The average Bonchev–Trinajstić information content (AvgIpc) is 3.18. The lowest BCUT2D eigenvalue weighted by Crippen LogP contribution is -2.45. The van der Waals surface area contributed by atoms with E-state index < -0.39 is 39.0 Å². The summed E-state index contributed by atoms with van der Waals surface area (Å²) in [5.74, 6) is 0.0222. The molecular formula is C29H44FN2O5PS2. The molecule has 224 valence electrons. The van der Waals surface area contributed by atoms with Gasteiger partial charge in [0.1, 0.15) is 6.10 Å². The van der Waals surface area contributed by atoms with E-state index in [2.05, 4.69) is 37.6 Å². The van der Waals surface area contributed by atoms with E-state index in [0.29, 0.717) is 13.0 Å². The number of nitrogens with zero attached hydrogens (tertiary/aromatic N) is 2. The summed E-state index contributed by atoms with van der Waals surface area (Å²) in [5.41, 5.74) is 2.46. The molecule has 1 fully saturated rings. The molecule has 0 radical (unpaired) electrons. The number of hydrogen-bond donors (Lipinski definition) is 0. The fraction of sp³-hybridized carbons (Fsp3) is 0.655. The van der Waals surface area contributed by atoms with Crippen molar-refractivity contribution in [3.63, 3.8) is 0 Å². The van der Waals surface area contributed by atoms with Crippen molar-refractivity contribution < 1.29 is 29.1 Å². The van der Waals surface area contributed by atoms with Crippen molar-refractivity contribution in [1.82, 2.24) is 9.57 Å². The van der Waals surface area contributed by atoms with Gasteiger partial charge in [-0.05, 0) is 58.2 Å². The van der Waals surface area contributed by atoms with Gasteiger partial charge in [-0.25, -0.2) is 9.06 Å². The van der Waals surface area contributed by atoms with Crippen LogP contribution < -0.4 is 0 Å². The van der Waals surface area contributed by atoms with Gasteiger partial charge in [-0.3, -0.25) is 14.5 Å². The Hall–Kier alpha value is -1.000. The maximum atomic E-state index is 15.9. The smallest absolute Gasteiger partial charge is 0.259 e. The first-order valence-corrected chi connectivity index (χ1v) is 17.1. The second-order valence-corrected chi connectivity index (χ2v) is 16.0. The minimum Gasteiger partial charge on any atom is -0.349 e. The molecule has 1 saturated heterocycles. The van der Waals surface area contributed by atoms with Gasteiger partial charge in [0.2, 0.25) is 5.91 Å². The van der Waals surface area contributed by atoms with Crippen LogP contribution in [0.25, 0.3) is 0 Å². The molecule has 2 aliphatic rings. The minimum absolute atomic E-state index is 0.0578. The Kier molecular flexibility index (Phi) is 11.9. The number of rotatable bonds is 13. The summed E-state index contributed by atoms with van der Waals surface area (Å²) >= 11 is 0. The number of ketones is 1. The number of amides is 1. The molecule has 3 rings (SSSR count). The summed E-state index contributed by atoms with van der Waals surface area (Å²) in [5, 5.41) is 0. The molecule has 5 atom stereocenters. The average molecular weight is 616 g/mol. The van der Waals surface area contributed by atoms with Crippen molar-refractivity contribution in [2.75, 3.05) is 6.61 Å². The molecular weight excluding hydrogens is 570 g/mol. The Morgan fingerprint density at radius 2 is 1.88 bits per heavy atom. The summed E-state index contributed by atoms with van der Waals surface area (Å²) in [4.78, 5) is 25.2. The predicted molar refractivity (Wildman–Crippen MR) is 163 cm³/mol. The Labute approximate surface area is 249 Å². The van der Waals surface area contributed by atoms with Crippen LogP contribution in [-0.4, -0.2) is 69.3 Å². The SMILES string of the molecule is [2H]CC1OC(N2C=CC(=O)CC2=O)C(F)C1OP(OCCc1ccccc1CSSC(C)(C)C)N(C(C)C)C(C)C. The van der Waals surface area contributed by atoms with Crippen LogP contribution in [0.5, 0.6) is 0 Å². The van der Waals surface area contributed by atoms with Gasteiger partial charge in [-0.1, -0.05) is 66.6 Å². The predicted octanol–water partition coefficient (Wildman–Crippen LogP) is 7.05. The monoisotopic (exact) mass is 615 g/mol. The van der Waals surface area contributed by atoms with E-state index in [0.717, 1.165) is 10.7 Å². The van der Waals surface area contributed by atoms with E-state index in [1.54, 1.807) is 0 Å². The normalized spacial score (nSPS) is 25.0. The fourth-order valence-electron chi connectivity index (χ4n) is 4.49. The van der Waals surface area contributed by atoms with Crippen LogP contribution in [0.1, 0.15) is 74.3 Å². The molecule has 0 aliphatic carbocycles. The first-order chi connectivity index (χ1) is 19.3. The molecule has 1 aromatic rings. The Morgan fingerprint density at radius 1 is 1.20 bits per heavy atom.